The SMILES string of the molecule is CCCCCCCCCCCCOc1ccc(Cl)cc1NC(=O)C(C(=O)c1c(C)oc(C)c1-c1ccccc1)n1c(O)c(OCC)n(Cc2ccccc2)c1=O. The molecule has 1 atom stereocenters. The van der Waals surface area contributed by atoms with Gasteiger partial charge >= 0.3 is 5.69 Å². The highest BCUT2D eigenvalue weighted by atomic mass is 35.5. The topological polar surface area (TPSA) is 125 Å². The van der Waals surface area contributed by atoms with Crippen LogP contribution in [0.25, 0.3) is 11.1 Å². The van der Waals surface area contributed by atoms with Crippen molar-refractivity contribution >= 4 is 29.0 Å². The molecule has 0 saturated heterocycles. The molecule has 0 aliphatic rings. The highest BCUT2D eigenvalue weighted by molar-refractivity contribution is 6.31. The monoisotopic (exact) mass is 783 g/mol. The fraction of sp³-hybridized carbons (Fsp3) is 0.400. The van der Waals surface area contributed by atoms with E-state index < -0.39 is 29.3 Å². The lowest BCUT2D eigenvalue weighted by molar-refractivity contribution is -0.118. The Bertz CT molecular complexity index is 2100. The molecule has 0 aliphatic carbocycles. The van der Waals surface area contributed by atoms with Crippen molar-refractivity contribution in [1.29, 1.82) is 0 Å². The third-order valence-electron chi connectivity index (χ3n) is 9.85. The van der Waals surface area contributed by atoms with E-state index in [0.29, 0.717) is 34.3 Å². The highest BCUT2D eigenvalue weighted by Crippen LogP contribution is 2.38. The number of hydrogen-bond donors (Lipinski definition) is 2. The summed E-state index contributed by atoms with van der Waals surface area (Å²) in [7, 11) is 0. The maximum atomic E-state index is 15.0. The van der Waals surface area contributed by atoms with Crippen LogP contribution in [-0.4, -0.2) is 39.1 Å². The molecule has 3 aromatic carbocycles. The first-order valence-electron chi connectivity index (χ1n) is 19.8. The van der Waals surface area contributed by atoms with Crippen LogP contribution in [0.15, 0.2) is 88.1 Å². The molecule has 1 unspecified atom stereocenters. The van der Waals surface area contributed by atoms with Crippen LogP contribution in [0.3, 0.4) is 0 Å². The van der Waals surface area contributed by atoms with Crippen molar-refractivity contribution in [2.24, 2.45) is 0 Å². The van der Waals surface area contributed by atoms with E-state index in [2.05, 4.69) is 12.2 Å². The number of halogens is 1. The number of carbonyl (C=O) groups is 2. The summed E-state index contributed by atoms with van der Waals surface area (Å²) in [4.78, 5) is 44.1. The molecule has 10 nitrogen and oxygen atoms in total. The maximum Gasteiger partial charge on any atom is 0.335 e. The quantitative estimate of drug-likeness (QED) is 0.0407. The van der Waals surface area contributed by atoms with Crippen molar-refractivity contribution in [2.75, 3.05) is 18.5 Å². The number of aromatic nitrogens is 2. The van der Waals surface area contributed by atoms with Gasteiger partial charge in [-0.1, -0.05) is 137 Å². The van der Waals surface area contributed by atoms with Gasteiger partial charge in [0.2, 0.25) is 0 Å². The first-order valence-corrected chi connectivity index (χ1v) is 20.2. The van der Waals surface area contributed by atoms with Crippen molar-refractivity contribution in [3.05, 3.63) is 117 Å². The zero-order chi connectivity index (χ0) is 40.0. The summed E-state index contributed by atoms with van der Waals surface area (Å²) in [5.41, 5.74) is 1.43. The van der Waals surface area contributed by atoms with Gasteiger partial charge in [-0.2, -0.15) is 0 Å². The van der Waals surface area contributed by atoms with Crippen LogP contribution in [0.1, 0.15) is 112 Å². The van der Waals surface area contributed by atoms with Gasteiger partial charge in [-0.25, -0.2) is 9.36 Å². The smallest absolute Gasteiger partial charge is 0.335 e. The Kier molecular flexibility index (Phi) is 15.4. The molecular weight excluding hydrogens is 730 g/mol. The van der Waals surface area contributed by atoms with Gasteiger partial charge in [-0.05, 0) is 56.5 Å². The van der Waals surface area contributed by atoms with E-state index in [1.807, 2.05) is 60.7 Å². The molecule has 0 saturated carbocycles. The summed E-state index contributed by atoms with van der Waals surface area (Å²) in [5, 5.41) is 14.9. The van der Waals surface area contributed by atoms with E-state index in [9.17, 15) is 19.5 Å². The number of rotatable bonds is 22. The summed E-state index contributed by atoms with van der Waals surface area (Å²) in [5.74, 6) is -1.41. The van der Waals surface area contributed by atoms with E-state index in [0.717, 1.165) is 29.4 Å². The van der Waals surface area contributed by atoms with Gasteiger partial charge < -0.3 is 24.3 Å². The van der Waals surface area contributed by atoms with Crippen LogP contribution < -0.4 is 20.5 Å². The van der Waals surface area contributed by atoms with Crippen LogP contribution in [0, 0.1) is 13.8 Å². The lowest BCUT2D eigenvalue weighted by atomic mass is 9.94. The Labute approximate surface area is 334 Å². The summed E-state index contributed by atoms with van der Waals surface area (Å²) in [6, 6.07) is 21.3. The maximum absolute atomic E-state index is 15.0. The number of hydrogen-bond acceptors (Lipinski definition) is 7. The van der Waals surface area contributed by atoms with Crippen molar-refractivity contribution in [3.8, 4) is 28.6 Å². The van der Waals surface area contributed by atoms with Crippen molar-refractivity contribution in [1.82, 2.24) is 9.13 Å². The standard InChI is InChI=1S/C45H54ClN3O7/c1-5-7-8-9-10-11-12-13-14-21-28-55-37-27-26-35(46)29-36(37)47-42(51)40(41(50)39-32(4)56-31(3)38(39)34-24-19-16-20-25-34)49-43(52)44(54-6-2)48(45(49)53)30-33-22-17-15-18-23-33/h15-20,22-27,29,40,52H,5-14,21,28,30H2,1-4H3,(H,47,51). The Morgan fingerprint density at radius 3 is 2.09 bits per heavy atom. The lowest BCUT2D eigenvalue weighted by Gasteiger charge is -2.19. The number of nitrogens with zero attached hydrogens (tertiary/aromatic N) is 2. The summed E-state index contributed by atoms with van der Waals surface area (Å²) >= 11 is 6.42. The largest absolute Gasteiger partial charge is 0.491 e. The minimum absolute atomic E-state index is 0.0163. The molecule has 0 radical (unpaired) electrons. The van der Waals surface area contributed by atoms with Crippen LogP contribution in [-0.2, 0) is 11.3 Å². The zero-order valence-electron chi connectivity index (χ0n) is 32.9. The van der Waals surface area contributed by atoms with Gasteiger partial charge in [0.1, 0.15) is 17.3 Å². The van der Waals surface area contributed by atoms with E-state index >= 15 is 0 Å². The number of benzene rings is 3. The predicted octanol–water partition coefficient (Wildman–Crippen LogP) is 10.7. The number of unbranched alkanes of at least 4 members (excludes halogenated alkanes) is 9. The number of aromatic hydroxyl groups is 1. The van der Waals surface area contributed by atoms with E-state index in [1.54, 1.807) is 32.9 Å². The van der Waals surface area contributed by atoms with Gasteiger partial charge in [-0.3, -0.25) is 14.2 Å². The second-order valence-electron chi connectivity index (χ2n) is 14.0. The molecule has 2 heterocycles. The summed E-state index contributed by atoms with van der Waals surface area (Å²) < 4.78 is 19.9. The Hall–Kier alpha value is -5.22. The van der Waals surface area contributed by atoms with E-state index in [-0.39, 0.29) is 36.0 Å². The molecule has 2 aromatic heterocycles. The average Bonchev–Trinajstić information content (AvgIpc) is 3.61. The number of anilines is 1. The molecule has 0 fully saturated rings. The van der Waals surface area contributed by atoms with Gasteiger partial charge in [0.15, 0.2) is 11.8 Å². The second kappa shape index (κ2) is 20.6. The van der Waals surface area contributed by atoms with E-state index in [4.69, 9.17) is 25.5 Å². The molecule has 0 aliphatic heterocycles. The molecule has 0 bridgehead atoms. The Morgan fingerprint density at radius 1 is 0.821 bits per heavy atom. The average molecular weight is 784 g/mol. The number of carbonyl (C=O) groups excluding carboxylic acids is 2. The number of aryl methyl sites for hydroxylation is 2. The number of imidazole rings is 1. The molecule has 1 amide bonds. The summed E-state index contributed by atoms with van der Waals surface area (Å²) in [6.07, 6.45) is 11.8. The zero-order valence-corrected chi connectivity index (χ0v) is 33.7. The van der Waals surface area contributed by atoms with Crippen molar-refractivity contribution in [2.45, 2.75) is 104 Å². The molecule has 0 spiro atoms. The van der Waals surface area contributed by atoms with E-state index in [1.165, 1.54) is 55.6 Å². The van der Waals surface area contributed by atoms with Gasteiger partial charge in [0.25, 0.3) is 17.7 Å². The normalized spacial score (nSPS) is 11.7. The molecule has 298 valence electrons. The van der Waals surface area contributed by atoms with Crippen LogP contribution in [0.2, 0.25) is 5.02 Å². The number of Topliss-reactive ketones (excluding diaryl/α,β-unsaturated/α-hetero) is 1. The van der Waals surface area contributed by atoms with Gasteiger partial charge in [0, 0.05) is 10.6 Å². The fourth-order valence-electron chi connectivity index (χ4n) is 7.07. The third kappa shape index (κ3) is 10.3. The van der Waals surface area contributed by atoms with Crippen molar-refractivity contribution < 1.29 is 28.6 Å². The van der Waals surface area contributed by atoms with Crippen LogP contribution in [0.5, 0.6) is 17.5 Å². The van der Waals surface area contributed by atoms with Crippen molar-refractivity contribution in [3.63, 3.8) is 0 Å². The van der Waals surface area contributed by atoms with Gasteiger partial charge in [-0.15, -0.1) is 0 Å². The molecule has 2 N–H and O–H groups in total. The molecule has 5 rings (SSSR count). The minimum Gasteiger partial charge on any atom is -0.491 e. The minimum atomic E-state index is -1.90. The number of amides is 1. The Morgan fingerprint density at radius 2 is 1.45 bits per heavy atom. The Balaban J connectivity index is 1.47. The first-order chi connectivity index (χ1) is 27.2. The second-order valence-corrected chi connectivity index (χ2v) is 14.5. The molecular formula is C45H54ClN3O7. The van der Waals surface area contributed by atoms with Crippen LogP contribution in [0.4, 0.5) is 5.69 Å². The number of nitrogens with one attached hydrogen (secondary N) is 1. The lowest BCUT2D eigenvalue weighted by Crippen LogP contribution is -2.39. The van der Waals surface area contributed by atoms with Crippen LogP contribution >= 0.6 is 11.6 Å². The molecule has 5 aromatic rings. The fourth-order valence-corrected chi connectivity index (χ4v) is 7.24. The predicted molar refractivity (Wildman–Crippen MR) is 221 cm³/mol. The number of furan rings is 1. The summed E-state index contributed by atoms with van der Waals surface area (Å²) in [6.45, 7) is 7.85. The number of ether oxygens (including phenoxy) is 2. The third-order valence-corrected chi connectivity index (χ3v) is 10.1. The highest BCUT2D eigenvalue weighted by Gasteiger charge is 2.40. The number of ketones is 1. The van der Waals surface area contributed by atoms with Gasteiger partial charge in [0.05, 0.1) is 31.0 Å². The molecule has 11 heteroatoms. The molecule has 56 heavy (non-hydrogen) atoms. The first kappa shape index (κ1) is 41.9.